The highest BCUT2D eigenvalue weighted by molar-refractivity contribution is 5.16. The van der Waals surface area contributed by atoms with Crippen LogP contribution in [0.15, 0.2) is 23.8 Å². The first-order valence-corrected chi connectivity index (χ1v) is 6.59. The fraction of sp³-hybridized carbons (Fsp3) is 0.733. The van der Waals surface area contributed by atoms with Crippen molar-refractivity contribution in [1.82, 2.24) is 0 Å². The van der Waals surface area contributed by atoms with Crippen molar-refractivity contribution < 1.29 is 5.11 Å². The van der Waals surface area contributed by atoms with Gasteiger partial charge in [0, 0.05) is 0 Å². The van der Waals surface area contributed by atoms with Crippen LogP contribution in [-0.4, -0.2) is 11.7 Å². The van der Waals surface area contributed by atoms with Gasteiger partial charge in [0.15, 0.2) is 0 Å². The molecule has 0 aliphatic heterocycles. The normalized spacial score (nSPS) is 38.8. The SMILES string of the molecule is C=C(CO)[C@H]1CC[C@H](C)[C@H]2CCC(C)=C[C@@H]21. The lowest BCUT2D eigenvalue weighted by atomic mass is 9.61. The number of aliphatic hydroxyl groups excluding tert-OH is 1. The summed E-state index contributed by atoms with van der Waals surface area (Å²) in [6.07, 6.45) is 7.59. The van der Waals surface area contributed by atoms with Crippen LogP contribution in [-0.2, 0) is 0 Å². The molecule has 0 amide bonds. The molecule has 2 aliphatic carbocycles. The van der Waals surface area contributed by atoms with Crippen molar-refractivity contribution in [2.75, 3.05) is 6.61 Å². The lowest BCUT2D eigenvalue weighted by Gasteiger charge is -2.44. The van der Waals surface area contributed by atoms with Crippen molar-refractivity contribution >= 4 is 0 Å². The molecule has 0 bridgehead atoms. The van der Waals surface area contributed by atoms with Crippen LogP contribution in [0.1, 0.15) is 39.5 Å². The number of hydrogen-bond acceptors (Lipinski definition) is 1. The minimum Gasteiger partial charge on any atom is -0.392 e. The first kappa shape index (κ1) is 11.9. The minimum absolute atomic E-state index is 0.162. The van der Waals surface area contributed by atoms with Gasteiger partial charge in [-0.05, 0) is 61.9 Å². The minimum atomic E-state index is 0.162. The molecule has 1 saturated carbocycles. The Morgan fingerprint density at radius 3 is 2.88 bits per heavy atom. The Labute approximate surface area is 99.3 Å². The molecular formula is C15H24O. The Bertz CT molecular complexity index is 303. The van der Waals surface area contributed by atoms with E-state index >= 15 is 0 Å². The summed E-state index contributed by atoms with van der Waals surface area (Å²) in [4.78, 5) is 0. The number of rotatable bonds is 2. The largest absolute Gasteiger partial charge is 0.392 e. The van der Waals surface area contributed by atoms with Crippen molar-refractivity contribution in [3.8, 4) is 0 Å². The van der Waals surface area contributed by atoms with Crippen LogP contribution in [0.5, 0.6) is 0 Å². The molecule has 16 heavy (non-hydrogen) atoms. The van der Waals surface area contributed by atoms with Gasteiger partial charge in [0.2, 0.25) is 0 Å². The second-order valence-electron chi connectivity index (χ2n) is 5.77. The number of aliphatic hydroxyl groups is 1. The van der Waals surface area contributed by atoms with Crippen molar-refractivity contribution in [1.29, 1.82) is 0 Å². The fourth-order valence-corrected chi connectivity index (χ4v) is 3.64. The van der Waals surface area contributed by atoms with Gasteiger partial charge in [-0.1, -0.05) is 25.2 Å². The van der Waals surface area contributed by atoms with E-state index in [1.807, 2.05) is 0 Å². The Morgan fingerprint density at radius 2 is 2.19 bits per heavy atom. The van der Waals surface area contributed by atoms with Gasteiger partial charge in [-0.2, -0.15) is 0 Å². The van der Waals surface area contributed by atoms with E-state index in [0.717, 1.165) is 17.4 Å². The van der Waals surface area contributed by atoms with Crippen LogP contribution >= 0.6 is 0 Å². The smallest absolute Gasteiger partial charge is 0.0642 e. The van der Waals surface area contributed by atoms with Gasteiger partial charge in [-0.15, -0.1) is 0 Å². The van der Waals surface area contributed by atoms with Crippen molar-refractivity contribution in [3.05, 3.63) is 23.8 Å². The average molecular weight is 220 g/mol. The Kier molecular flexibility index (Phi) is 3.53. The summed E-state index contributed by atoms with van der Waals surface area (Å²) in [6.45, 7) is 8.86. The van der Waals surface area contributed by atoms with Gasteiger partial charge >= 0.3 is 0 Å². The Hall–Kier alpha value is -0.560. The third kappa shape index (κ3) is 2.10. The first-order chi connectivity index (χ1) is 7.63. The second-order valence-corrected chi connectivity index (χ2v) is 5.77. The third-order valence-corrected chi connectivity index (χ3v) is 4.70. The molecule has 1 nitrogen and oxygen atoms in total. The molecule has 0 unspecified atom stereocenters. The maximum absolute atomic E-state index is 9.29. The van der Waals surface area contributed by atoms with Crippen molar-refractivity contribution in [2.45, 2.75) is 39.5 Å². The van der Waals surface area contributed by atoms with E-state index in [9.17, 15) is 5.11 Å². The molecule has 0 aromatic carbocycles. The molecule has 0 saturated heterocycles. The summed E-state index contributed by atoms with van der Waals surface area (Å²) < 4.78 is 0. The average Bonchev–Trinajstić information content (AvgIpc) is 2.28. The summed E-state index contributed by atoms with van der Waals surface area (Å²) in [5, 5.41) is 9.29. The van der Waals surface area contributed by atoms with E-state index in [4.69, 9.17) is 0 Å². The van der Waals surface area contributed by atoms with Gasteiger partial charge in [0.1, 0.15) is 0 Å². The molecule has 0 heterocycles. The first-order valence-electron chi connectivity index (χ1n) is 6.59. The Balaban J connectivity index is 2.22. The monoisotopic (exact) mass is 220 g/mol. The highest BCUT2D eigenvalue weighted by Gasteiger charge is 2.38. The number of hydrogen-bond donors (Lipinski definition) is 1. The summed E-state index contributed by atoms with van der Waals surface area (Å²) >= 11 is 0. The molecule has 1 heteroatoms. The number of fused-ring (bicyclic) bond motifs is 1. The molecule has 2 rings (SSSR count). The van der Waals surface area contributed by atoms with Gasteiger partial charge in [-0.25, -0.2) is 0 Å². The van der Waals surface area contributed by atoms with Crippen LogP contribution in [0, 0.1) is 23.7 Å². The van der Waals surface area contributed by atoms with E-state index in [-0.39, 0.29) is 6.61 Å². The molecule has 0 aromatic rings. The van der Waals surface area contributed by atoms with E-state index in [1.54, 1.807) is 0 Å². The maximum Gasteiger partial charge on any atom is 0.0642 e. The molecule has 90 valence electrons. The lowest BCUT2D eigenvalue weighted by molar-refractivity contribution is 0.127. The fourth-order valence-electron chi connectivity index (χ4n) is 3.64. The summed E-state index contributed by atoms with van der Waals surface area (Å²) in [6, 6.07) is 0. The van der Waals surface area contributed by atoms with E-state index in [1.165, 1.54) is 31.3 Å². The maximum atomic E-state index is 9.29. The predicted octanol–water partition coefficient (Wildman–Crippen LogP) is 3.55. The zero-order valence-electron chi connectivity index (χ0n) is 10.6. The molecule has 1 fully saturated rings. The molecular weight excluding hydrogens is 196 g/mol. The van der Waals surface area contributed by atoms with E-state index in [0.29, 0.717) is 11.8 Å². The zero-order valence-corrected chi connectivity index (χ0v) is 10.6. The van der Waals surface area contributed by atoms with Crippen LogP contribution in [0.3, 0.4) is 0 Å². The topological polar surface area (TPSA) is 20.2 Å². The Morgan fingerprint density at radius 1 is 1.44 bits per heavy atom. The van der Waals surface area contributed by atoms with Gasteiger partial charge in [-0.3, -0.25) is 0 Å². The standard InChI is InChI=1S/C15H24O/c1-10-4-6-13-11(2)5-7-14(12(3)9-16)15(13)8-10/h8,11,13-16H,3-7,9H2,1-2H3/t11-,13+,14+,15-/m0/s1. The highest BCUT2D eigenvalue weighted by Crippen LogP contribution is 2.47. The third-order valence-electron chi connectivity index (χ3n) is 4.70. The van der Waals surface area contributed by atoms with Crippen molar-refractivity contribution in [3.63, 3.8) is 0 Å². The zero-order chi connectivity index (χ0) is 11.7. The van der Waals surface area contributed by atoms with E-state index < -0.39 is 0 Å². The quantitative estimate of drug-likeness (QED) is 0.706. The van der Waals surface area contributed by atoms with Gasteiger partial charge in [0.25, 0.3) is 0 Å². The molecule has 4 atom stereocenters. The summed E-state index contributed by atoms with van der Waals surface area (Å²) in [5.41, 5.74) is 2.58. The van der Waals surface area contributed by atoms with E-state index in [2.05, 4.69) is 26.5 Å². The van der Waals surface area contributed by atoms with Gasteiger partial charge in [0.05, 0.1) is 6.61 Å². The van der Waals surface area contributed by atoms with Crippen molar-refractivity contribution in [2.24, 2.45) is 23.7 Å². The van der Waals surface area contributed by atoms with Gasteiger partial charge < -0.3 is 5.11 Å². The van der Waals surface area contributed by atoms with Crippen LogP contribution in [0.2, 0.25) is 0 Å². The number of allylic oxidation sites excluding steroid dienone is 2. The molecule has 1 N–H and O–H groups in total. The van der Waals surface area contributed by atoms with Crippen LogP contribution < -0.4 is 0 Å². The molecule has 0 aromatic heterocycles. The second kappa shape index (κ2) is 4.75. The molecule has 2 aliphatic rings. The molecule has 0 radical (unpaired) electrons. The van der Waals surface area contributed by atoms with Crippen LogP contribution in [0.4, 0.5) is 0 Å². The van der Waals surface area contributed by atoms with Crippen LogP contribution in [0.25, 0.3) is 0 Å². The summed E-state index contributed by atoms with van der Waals surface area (Å²) in [7, 11) is 0. The summed E-state index contributed by atoms with van der Waals surface area (Å²) in [5.74, 6) is 2.85. The molecule has 0 spiro atoms. The predicted molar refractivity (Wildman–Crippen MR) is 68.1 cm³/mol. The lowest BCUT2D eigenvalue weighted by Crippen LogP contribution is -2.35. The highest BCUT2D eigenvalue weighted by atomic mass is 16.3.